The molecule has 0 bridgehead atoms. The van der Waals surface area contributed by atoms with Crippen LogP contribution >= 0.6 is 12.4 Å². The van der Waals surface area contributed by atoms with Crippen molar-refractivity contribution in [1.82, 2.24) is 0 Å². The van der Waals surface area contributed by atoms with Crippen molar-refractivity contribution in [2.45, 2.75) is 25.3 Å². The third-order valence-electron chi connectivity index (χ3n) is 2.74. The van der Waals surface area contributed by atoms with E-state index in [-0.39, 0.29) is 24.3 Å². The number of hydrogen-bond acceptors (Lipinski definition) is 2. The lowest BCUT2D eigenvalue weighted by Crippen LogP contribution is -2.27. The average molecular weight is 232 g/mol. The van der Waals surface area contributed by atoms with Crippen LogP contribution in [0.25, 0.3) is 0 Å². The number of methoxy groups -OCH3 is 1. The fraction of sp³-hybridized carbons (Fsp3) is 0.455. The Morgan fingerprint density at radius 1 is 1.40 bits per heavy atom. The maximum Gasteiger partial charge on any atom is 0.165 e. The third kappa shape index (κ3) is 2.41. The quantitative estimate of drug-likeness (QED) is 0.803. The number of fused-ring (bicyclic) bond motifs is 1. The maximum absolute atomic E-state index is 13.3. The summed E-state index contributed by atoms with van der Waals surface area (Å²) >= 11 is 0. The Hall–Kier alpha value is -0.800. The number of hydrogen-bond donors (Lipinski definition) is 1. The minimum Gasteiger partial charge on any atom is -0.494 e. The highest BCUT2D eigenvalue weighted by Crippen LogP contribution is 2.27. The Bertz CT molecular complexity index is 357. The van der Waals surface area contributed by atoms with Gasteiger partial charge >= 0.3 is 0 Å². The summed E-state index contributed by atoms with van der Waals surface area (Å²) in [5, 5.41) is 0. The number of benzene rings is 1. The first-order valence-electron chi connectivity index (χ1n) is 4.81. The first kappa shape index (κ1) is 12.3. The SMILES string of the molecule is COc1cc2c(cc1F)CC[C@H](N)C2.Cl. The van der Waals surface area contributed by atoms with Crippen molar-refractivity contribution in [2.24, 2.45) is 5.73 Å². The molecule has 0 saturated heterocycles. The van der Waals surface area contributed by atoms with E-state index in [4.69, 9.17) is 10.5 Å². The van der Waals surface area contributed by atoms with Gasteiger partial charge in [-0.2, -0.15) is 0 Å². The second-order valence-corrected chi connectivity index (χ2v) is 3.76. The second kappa shape index (κ2) is 4.81. The summed E-state index contributed by atoms with van der Waals surface area (Å²) in [5.74, 6) is 0.0413. The predicted octanol–water partition coefficient (Wildman–Crippen LogP) is 2.07. The van der Waals surface area contributed by atoms with Gasteiger partial charge in [0.05, 0.1) is 7.11 Å². The minimum absolute atomic E-state index is 0. The molecule has 1 aliphatic rings. The van der Waals surface area contributed by atoms with Gasteiger partial charge in [-0.25, -0.2) is 4.39 Å². The molecule has 1 aromatic rings. The van der Waals surface area contributed by atoms with Gasteiger partial charge in [0.15, 0.2) is 11.6 Å². The van der Waals surface area contributed by atoms with E-state index in [1.165, 1.54) is 7.11 Å². The van der Waals surface area contributed by atoms with Gasteiger partial charge in [0.1, 0.15) is 0 Å². The van der Waals surface area contributed by atoms with E-state index in [9.17, 15) is 4.39 Å². The Kier molecular flexibility index (Phi) is 3.94. The van der Waals surface area contributed by atoms with Crippen LogP contribution in [0.5, 0.6) is 5.75 Å². The zero-order chi connectivity index (χ0) is 10.1. The molecule has 15 heavy (non-hydrogen) atoms. The van der Waals surface area contributed by atoms with E-state index in [1.807, 2.05) is 0 Å². The molecule has 0 unspecified atom stereocenters. The van der Waals surface area contributed by atoms with Crippen LogP contribution in [0.15, 0.2) is 12.1 Å². The van der Waals surface area contributed by atoms with E-state index < -0.39 is 0 Å². The molecular formula is C11H15ClFNO. The van der Waals surface area contributed by atoms with E-state index in [0.717, 1.165) is 30.4 Å². The molecule has 0 saturated carbocycles. The maximum atomic E-state index is 13.3. The number of halogens is 2. The smallest absolute Gasteiger partial charge is 0.165 e. The number of nitrogens with two attached hydrogens (primary N) is 1. The minimum atomic E-state index is -0.276. The lowest BCUT2D eigenvalue weighted by molar-refractivity contribution is 0.384. The highest BCUT2D eigenvalue weighted by Gasteiger charge is 2.18. The van der Waals surface area contributed by atoms with Crippen LogP contribution in [0.1, 0.15) is 17.5 Å². The summed E-state index contributed by atoms with van der Waals surface area (Å²) in [6.45, 7) is 0. The fourth-order valence-corrected chi connectivity index (χ4v) is 1.94. The van der Waals surface area contributed by atoms with Crippen molar-refractivity contribution >= 4 is 12.4 Å². The Morgan fingerprint density at radius 2 is 2.13 bits per heavy atom. The molecule has 0 amide bonds. The first-order valence-corrected chi connectivity index (χ1v) is 4.81. The van der Waals surface area contributed by atoms with Crippen molar-refractivity contribution in [3.8, 4) is 5.75 Å². The van der Waals surface area contributed by atoms with Gasteiger partial charge in [-0.15, -0.1) is 12.4 Å². The van der Waals surface area contributed by atoms with Crippen LogP contribution in [-0.2, 0) is 12.8 Å². The van der Waals surface area contributed by atoms with Crippen molar-refractivity contribution in [1.29, 1.82) is 0 Å². The summed E-state index contributed by atoms with van der Waals surface area (Å²) in [5.41, 5.74) is 8.05. The van der Waals surface area contributed by atoms with Crippen LogP contribution in [0, 0.1) is 5.82 Å². The van der Waals surface area contributed by atoms with Crippen molar-refractivity contribution in [3.05, 3.63) is 29.1 Å². The molecule has 1 aliphatic carbocycles. The summed E-state index contributed by atoms with van der Waals surface area (Å²) in [7, 11) is 1.48. The standard InChI is InChI=1S/C11H14FNO.ClH/c1-14-11-6-8-4-9(13)3-2-7(8)5-10(11)12;/h5-6,9H,2-4,13H2,1H3;1H/t9-;/m0./s1. The summed E-state index contributed by atoms with van der Waals surface area (Å²) < 4.78 is 18.2. The number of rotatable bonds is 1. The summed E-state index contributed by atoms with van der Waals surface area (Å²) in [6, 6.07) is 3.54. The molecule has 2 nitrogen and oxygen atoms in total. The van der Waals surface area contributed by atoms with Gasteiger partial charge in [-0.05, 0) is 42.5 Å². The highest BCUT2D eigenvalue weighted by atomic mass is 35.5. The Balaban J connectivity index is 0.00000112. The Labute approximate surface area is 95.0 Å². The molecule has 0 aromatic heterocycles. The molecule has 2 N–H and O–H groups in total. The third-order valence-corrected chi connectivity index (χ3v) is 2.74. The highest BCUT2D eigenvalue weighted by molar-refractivity contribution is 5.85. The normalized spacial score (nSPS) is 19.0. The van der Waals surface area contributed by atoms with Gasteiger partial charge in [0.25, 0.3) is 0 Å². The summed E-state index contributed by atoms with van der Waals surface area (Å²) in [4.78, 5) is 0. The zero-order valence-electron chi connectivity index (χ0n) is 8.63. The van der Waals surface area contributed by atoms with Crippen LogP contribution < -0.4 is 10.5 Å². The molecule has 0 radical (unpaired) electrons. The van der Waals surface area contributed by atoms with Crippen LogP contribution in [0.3, 0.4) is 0 Å². The molecule has 0 spiro atoms. The molecule has 1 aromatic carbocycles. The second-order valence-electron chi connectivity index (χ2n) is 3.76. The van der Waals surface area contributed by atoms with E-state index in [2.05, 4.69) is 0 Å². The molecule has 4 heteroatoms. The largest absolute Gasteiger partial charge is 0.494 e. The molecular weight excluding hydrogens is 217 g/mol. The lowest BCUT2D eigenvalue weighted by atomic mass is 9.88. The molecule has 0 aliphatic heterocycles. The topological polar surface area (TPSA) is 35.2 Å². The van der Waals surface area contributed by atoms with Gasteiger partial charge in [-0.3, -0.25) is 0 Å². The molecule has 84 valence electrons. The number of ether oxygens (including phenoxy) is 1. The van der Waals surface area contributed by atoms with E-state index >= 15 is 0 Å². The monoisotopic (exact) mass is 231 g/mol. The van der Waals surface area contributed by atoms with Crippen LogP contribution in [0.4, 0.5) is 4.39 Å². The van der Waals surface area contributed by atoms with E-state index in [0.29, 0.717) is 5.75 Å². The first-order chi connectivity index (χ1) is 6.70. The van der Waals surface area contributed by atoms with Crippen molar-refractivity contribution in [3.63, 3.8) is 0 Å². The van der Waals surface area contributed by atoms with Crippen LogP contribution in [-0.4, -0.2) is 13.2 Å². The molecule has 2 rings (SSSR count). The number of aryl methyl sites for hydroxylation is 1. The van der Waals surface area contributed by atoms with Gasteiger partial charge in [0.2, 0.25) is 0 Å². The van der Waals surface area contributed by atoms with Gasteiger partial charge in [0, 0.05) is 6.04 Å². The molecule has 1 atom stereocenters. The van der Waals surface area contributed by atoms with Crippen molar-refractivity contribution in [2.75, 3.05) is 7.11 Å². The zero-order valence-corrected chi connectivity index (χ0v) is 9.44. The Morgan fingerprint density at radius 3 is 2.80 bits per heavy atom. The predicted molar refractivity (Wildman–Crippen MR) is 60.2 cm³/mol. The van der Waals surface area contributed by atoms with Gasteiger partial charge in [-0.1, -0.05) is 0 Å². The average Bonchev–Trinajstić information content (AvgIpc) is 2.17. The fourth-order valence-electron chi connectivity index (χ4n) is 1.94. The van der Waals surface area contributed by atoms with Crippen molar-refractivity contribution < 1.29 is 9.13 Å². The lowest BCUT2D eigenvalue weighted by Gasteiger charge is -2.22. The van der Waals surface area contributed by atoms with Crippen LogP contribution in [0.2, 0.25) is 0 Å². The van der Waals surface area contributed by atoms with Gasteiger partial charge < -0.3 is 10.5 Å². The molecule has 0 heterocycles. The van der Waals surface area contributed by atoms with E-state index in [1.54, 1.807) is 12.1 Å². The molecule has 0 fully saturated rings. The summed E-state index contributed by atoms with van der Waals surface area (Å²) in [6.07, 6.45) is 2.64.